The first-order valence-corrected chi connectivity index (χ1v) is 12.3. The Morgan fingerprint density at radius 1 is 1.03 bits per heavy atom. The van der Waals surface area contributed by atoms with E-state index in [9.17, 15) is 4.39 Å². The molecule has 3 aliphatic rings. The number of amidine groups is 1. The van der Waals surface area contributed by atoms with Gasteiger partial charge in [0.05, 0.1) is 6.54 Å². The summed E-state index contributed by atoms with van der Waals surface area (Å²) in [6.07, 6.45) is 4.10. The minimum atomic E-state index is -0.588. The molecule has 0 unspecified atom stereocenters. The molecule has 5 rings (SSSR count). The van der Waals surface area contributed by atoms with E-state index in [1.165, 1.54) is 5.57 Å². The van der Waals surface area contributed by atoms with Crippen LogP contribution in [0.3, 0.4) is 0 Å². The lowest BCUT2D eigenvalue weighted by Crippen LogP contribution is -2.45. The van der Waals surface area contributed by atoms with Crippen molar-refractivity contribution in [1.82, 2.24) is 14.9 Å². The number of aliphatic imine (C=N–C) groups is 1. The van der Waals surface area contributed by atoms with Gasteiger partial charge in [-0.05, 0) is 37.5 Å². The molecule has 1 aromatic carbocycles. The van der Waals surface area contributed by atoms with Gasteiger partial charge in [0.2, 0.25) is 11.8 Å². The van der Waals surface area contributed by atoms with Crippen molar-refractivity contribution in [3.05, 3.63) is 52.1 Å². The Labute approximate surface area is 210 Å². The zero-order valence-corrected chi connectivity index (χ0v) is 21.5. The molecule has 190 valence electrons. The zero-order valence-electron chi connectivity index (χ0n) is 21.5. The summed E-state index contributed by atoms with van der Waals surface area (Å²) >= 11 is 0. The molecule has 0 spiro atoms. The molecule has 0 bridgehead atoms. The summed E-state index contributed by atoms with van der Waals surface area (Å²) in [6, 6.07) is 2.70. The van der Waals surface area contributed by atoms with Crippen LogP contribution in [0.15, 0.2) is 34.3 Å². The molecule has 3 heterocycles. The molecule has 1 aromatic heterocycles. The highest BCUT2D eigenvalue weighted by Crippen LogP contribution is 2.36. The molecule has 1 aliphatic carbocycles. The highest BCUT2D eigenvalue weighted by Gasteiger charge is 2.25. The van der Waals surface area contributed by atoms with Gasteiger partial charge in [-0.2, -0.15) is 9.97 Å². The predicted octanol–water partition coefficient (Wildman–Crippen LogP) is 5.05. The second-order valence-corrected chi connectivity index (χ2v) is 10.8. The van der Waals surface area contributed by atoms with Crippen LogP contribution in [-0.4, -0.2) is 60.5 Å². The average Bonchev–Trinajstić information content (AvgIpc) is 3.45. The van der Waals surface area contributed by atoms with Gasteiger partial charge in [0.15, 0.2) is 11.6 Å². The fraction of sp³-hybridized carbons (Fsp3) is 0.444. The topological polar surface area (TPSA) is 65.9 Å². The van der Waals surface area contributed by atoms with Crippen LogP contribution in [-0.2, 0) is 6.42 Å². The monoisotopic (exact) mass is 494 g/mol. The van der Waals surface area contributed by atoms with E-state index >= 15 is 4.39 Å². The Hall–Kier alpha value is -3.33. The van der Waals surface area contributed by atoms with Gasteiger partial charge in [-0.25, -0.2) is 8.78 Å². The molecule has 2 aromatic rings. The Morgan fingerprint density at radius 3 is 2.47 bits per heavy atom. The van der Waals surface area contributed by atoms with E-state index in [0.29, 0.717) is 36.1 Å². The SMILES string of the molecule is CC1=Cc2c(F)c(Oc3cc(NC4=NCC(C(C)(C)C)=C4)nc(N4CCN(C)CC4)n3)cc(F)c2C1. The summed E-state index contributed by atoms with van der Waals surface area (Å²) in [5, 5.41) is 3.26. The second-order valence-electron chi connectivity index (χ2n) is 10.8. The van der Waals surface area contributed by atoms with Crippen LogP contribution in [0.4, 0.5) is 20.5 Å². The van der Waals surface area contributed by atoms with Crippen LogP contribution in [0.1, 0.15) is 38.8 Å². The van der Waals surface area contributed by atoms with Crippen molar-refractivity contribution in [2.75, 3.05) is 50.0 Å². The van der Waals surface area contributed by atoms with Gasteiger partial charge in [-0.15, -0.1) is 0 Å². The van der Waals surface area contributed by atoms with Crippen molar-refractivity contribution in [2.45, 2.75) is 34.1 Å². The molecule has 0 atom stereocenters. The number of likely N-dealkylation sites (N-methyl/N-ethyl adjacent to an activating group) is 1. The van der Waals surface area contributed by atoms with E-state index in [4.69, 9.17) is 9.72 Å². The number of aromatic nitrogens is 2. The molecule has 0 amide bonds. The number of nitrogens with one attached hydrogen (secondary N) is 1. The van der Waals surface area contributed by atoms with Crippen LogP contribution in [0.5, 0.6) is 11.6 Å². The Kier molecular flexibility index (Phi) is 6.28. The molecular formula is C27H32F2N6O. The molecule has 36 heavy (non-hydrogen) atoms. The lowest BCUT2D eigenvalue weighted by atomic mass is 9.87. The number of anilines is 2. The van der Waals surface area contributed by atoms with Crippen molar-refractivity contribution < 1.29 is 13.5 Å². The number of rotatable bonds is 4. The highest BCUT2D eigenvalue weighted by atomic mass is 19.1. The number of fused-ring (bicyclic) bond motifs is 1. The lowest BCUT2D eigenvalue weighted by Gasteiger charge is -2.32. The molecule has 1 saturated heterocycles. The molecular weight excluding hydrogens is 462 g/mol. The van der Waals surface area contributed by atoms with E-state index in [2.05, 4.69) is 52.9 Å². The van der Waals surface area contributed by atoms with Crippen LogP contribution >= 0.6 is 0 Å². The van der Waals surface area contributed by atoms with Crippen LogP contribution in [0.25, 0.3) is 6.08 Å². The van der Waals surface area contributed by atoms with Gasteiger partial charge < -0.3 is 19.9 Å². The smallest absolute Gasteiger partial charge is 0.230 e. The standard InChI is InChI=1S/C27H32F2N6O/c1-16-10-18-19(11-16)25(29)21(13-20(18)28)36-24-14-23(31-22-12-17(15-30-22)27(2,3)4)32-26(33-24)35-8-6-34(5)7-9-35/h11-14H,6-10,15H2,1-5H3,(H,30,31,32,33). The summed E-state index contributed by atoms with van der Waals surface area (Å²) in [5.74, 6) is 0.522. The quantitative estimate of drug-likeness (QED) is 0.641. The maximum absolute atomic E-state index is 15.3. The first kappa shape index (κ1) is 24.4. The van der Waals surface area contributed by atoms with E-state index in [1.54, 1.807) is 12.1 Å². The highest BCUT2D eigenvalue weighted by molar-refractivity contribution is 6.05. The molecule has 7 nitrogen and oxygen atoms in total. The van der Waals surface area contributed by atoms with E-state index in [-0.39, 0.29) is 22.6 Å². The molecule has 0 radical (unpaired) electrons. The van der Waals surface area contributed by atoms with Crippen molar-refractivity contribution in [3.63, 3.8) is 0 Å². The number of piperazine rings is 1. The number of hydrogen-bond donors (Lipinski definition) is 1. The Morgan fingerprint density at radius 2 is 1.78 bits per heavy atom. The van der Waals surface area contributed by atoms with E-state index in [1.807, 2.05) is 13.0 Å². The zero-order chi connectivity index (χ0) is 25.6. The largest absolute Gasteiger partial charge is 0.436 e. The lowest BCUT2D eigenvalue weighted by molar-refractivity contribution is 0.310. The molecule has 9 heteroatoms. The summed E-state index contributed by atoms with van der Waals surface area (Å²) in [7, 11) is 2.07. The molecule has 0 saturated carbocycles. The molecule has 1 fully saturated rings. The predicted molar refractivity (Wildman–Crippen MR) is 139 cm³/mol. The number of benzene rings is 1. The van der Waals surface area contributed by atoms with Gasteiger partial charge in [-0.3, -0.25) is 4.99 Å². The van der Waals surface area contributed by atoms with Crippen LogP contribution in [0, 0.1) is 17.0 Å². The fourth-order valence-electron chi connectivity index (χ4n) is 4.52. The third kappa shape index (κ3) is 4.97. The van der Waals surface area contributed by atoms with Gasteiger partial charge in [-0.1, -0.05) is 32.4 Å². The number of hydrogen-bond acceptors (Lipinski definition) is 7. The number of halogens is 2. The van der Waals surface area contributed by atoms with Crippen LogP contribution in [0.2, 0.25) is 0 Å². The van der Waals surface area contributed by atoms with Crippen molar-refractivity contribution >= 4 is 23.7 Å². The van der Waals surface area contributed by atoms with Gasteiger partial charge in [0.1, 0.15) is 17.5 Å². The second kappa shape index (κ2) is 9.28. The first-order chi connectivity index (χ1) is 17.1. The van der Waals surface area contributed by atoms with Gasteiger partial charge in [0.25, 0.3) is 0 Å². The summed E-state index contributed by atoms with van der Waals surface area (Å²) < 4.78 is 35.8. The number of ether oxygens (including phenoxy) is 1. The summed E-state index contributed by atoms with van der Waals surface area (Å²) in [4.78, 5) is 18.2. The maximum Gasteiger partial charge on any atom is 0.230 e. The maximum atomic E-state index is 15.3. The number of allylic oxidation sites excluding steroid dienone is 1. The third-order valence-electron chi connectivity index (χ3n) is 6.81. The molecule has 2 aliphatic heterocycles. The van der Waals surface area contributed by atoms with Gasteiger partial charge in [0, 0.05) is 49.4 Å². The van der Waals surface area contributed by atoms with Crippen LogP contribution < -0.4 is 15.0 Å². The molecule has 1 N–H and O–H groups in total. The van der Waals surface area contributed by atoms with E-state index in [0.717, 1.165) is 37.8 Å². The summed E-state index contributed by atoms with van der Waals surface area (Å²) in [6.45, 7) is 12.2. The number of nitrogens with zero attached hydrogens (tertiary/aromatic N) is 5. The average molecular weight is 495 g/mol. The minimum Gasteiger partial charge on any atom is -0.436 e. The normalized spacial score (nSPS) is 18.1. The first-order valence-electron chi connectivity index (χ1n) is 12.3. The Bertz CT molecular complexity index is 1290. The van der Waals surface area contributed by atoms with Gasteiger partial charge >= 0.3 is 0 Å². The van der Waals surface area contributed by atoms with E-state index < -0.39 is 11.6 Å². The van der Waals surface area contributed by atoms with Crippen molar-refractivity contribution in [2.24, 2.45) is 10.4 Å². The summed E-state index contributed by atoms with van der Waals surface area (Å²) in [5.41, 5.74) is 2.75. The van der Waals surface area contributed by atoms with Crippen molar-refractivity contribution in [1.29, 1.82) is 0 Å². The van der Waals surface area contributed by atoms with Crippen molar-refractivity contribution in [3.8, 4) is 11.6 Å². The third-order valence-corrected chi connectivity index (χ3v) is 6.81. The fourth-order valence-corrected chi connectivity index (χ4v) is 4.52. The Balaban J connectivity index is 1.47. The minimum absolute atomic E-state index is 0.0137.